The van der Waals surface area contributed by atoms with Crippen molar-refractivity contribution in [2.75, 3.05) is 13.2 Å². The van der Waals surface area contributed by atoms with Crippen molar-refractivity contribution in [1.29, 1.82) is 0 Å². The lowest BCUT2D eigenvalue weighted by Crippen LogP contribution is -2.46. The average molecular weight is 279 g/mol. The molecule has 1 saturated heterocycles. The van der Waals surface area contributed by atoms with Gasteiger partial charge >= 0.3 is 0 Å². The van der Waals surface area contributed by atoms with Gasteiger partial charge in [-0.05, 0) is 50.5 Å². The van der Waals surface area contributed by atoms with Crippen LogP contribution in [0.1, 0.15) is 77.6 Å². The third kappa shape index (κ3) is 3.76. The van der Waals surface area contributed by atoms with Gasteiger partial charge in [-0.25, -0.2) is 0 Å². The number of ether oxygens (including phenoxy) is 1. The normalized spacial score (nSPS) is 37.4. The van der Waals surface area contributed by atoms with Gasteiger partial charge in [0.15, 0.2) is 0 Å². The zero-order chi connectivity index (χ0) is 13.8. The van der Waals surface area contributed by atoms with Crippen LogP contribution in [-0.2, 0) is 4.74 Å². The monoisotopic (exact) mass is 279 g/mol. The van der Waals surface area contributed by atoms with Crippen LogP contribution in [0.2, 0.25) is 0 Å². The maximum atomic E-state index is 6.12. The summed E-state index contributed by atoms with van der Waals surface area (Å²) >= 11 is 0. The number of rotatable bonds is 4. The van der Waals surface area contributed by atoms with E-state index >= 15 is 0 Å². The highest BCUT2D eigenvalue weighted by molar-refractivity contribution is 4.93. The van der Waals surface area contributed by atoms with E-state index in [9.17, 15) is 0 Å². The summed E-state index contributed by atoms with van der Waals surface area (Å²) in [7, 11) is 0. The third-order valence-corrected chi connectivity index (χ3v) is 6.13. The van der Waals surface area contributed by atoms with Crippen LogP contribution < -0.4 is 5.32 Å². The van der Waals surface area contributed by atoms with Crippen molar-refractivity contribution in [2.45, 2.75) is 89.2 Å². The van der Waals surface area contributed by atoms with E-state index in [1.807, 2.05) is 0 Å². The molecule has 1 unspecified atom stereocenters. The number of hydrogen-bond acceptors (Lipinski definition) is 2. The smallest absolute Gasteiger partial charge is 0.0697 e. The lowest BCUT2D eigenvalue weighted by molar-refractivity contribution is -0.0836. The summed E-state index contributed by atoms with van der Waals surface area (Å²) in [5.41, 5.74) is 0.274. The van der Waals surface area contributed by atoms with Crippen molar-refractivity contribution in [3.8, 4) is 0 Å². The zero-order valence-electron chi connectivity index (χ0n) is 13.3. The Morgan fingerprint density at radius 1 is 1.05 bits per heavy atom. The van der Waals surface area contributed by atoms with Crippen molar-refractivity contribution >= 4 is 0 Å². The van der Waals surface area contributed by atoms with Crippen molar-refractivity contribution in [2.24, 2.45) is 11.8 Å². The molecule has 2 aliphatic carbocycles. The first-order chi connectivity index (χ1) is 9.76. The Balaban J connectivity index is 1.36. The molecular weight excluding hydrogens is 246 g/mol. The summed E-state index contributed by atoms with van der Waals surface area (Å²) in [6, 6.07) is 0.726. The summed E-state index contributed by atoms with van der Waals surface area (Å²) in [6.45, 7) is 4.63. The highest BCUT2D eigenvalue weighted by atomic mass is 16.5. The molecule has 1 N–H and O–H groups in total. The van der Waals surface area contributed by atoms with Gasteiger partial charge in [-0.3, -0.25) is 0 Å². The van der Waals surface area contributed by atoms with E-state index in [1.54, 1.807) is 0 Å². The lowest BCUT2D eigenvalue weighted by atomic mass is 9.81. The van der Waals surface area contributed by atoms with Gasteiger partial charge in [0.25, 0.3) is 0 Å². The maximum absolute atomic E-state index is 6.12. The van der Waals surface area contributed by atoms with E-state index in [4.69, 9.17) is 4.74 Å². The van der Waals surface area contributed by atoms with E-state index in [0.717, 1.165) is 24.5 Å². The van der Waals surface area contributed by atoms with Gasteiger partial charge in [0, 0.05) is 12.6 Å². The standard InChI is InChI=1S/C18H33NO/c1-15-4-6-16(7-5-15)8-12-19-17-9-13-20-18(14-17)10-2-3-11-18/h15-17,19H,2-14H2,1H3. The molecule has 20 heavy (non-hydrogen) atoms. The van der Waals surface area contributed by atoms with Crippen molar-refractivity contribution in [3.05, 3.63) is 0 Å². The summed E-state index contributed by atoms with van der Waals surface area (Å²) < 4.78 is 6.12. The number of hydrogen-bond donors (Lipinski definition) is 1. The molecule has 1 atom stereocenters. The molecule has 1 aliphatic heterocycles. The first kappa shape index (κ1) is 14.8. The SMILES string of the molecule is CC1CCC(CCNC2CCOC3(CCCC3)C2)CC1. The predicted molar refractivity (Wildman–Crippen MR) is 83.9 cm³/mol. The Bertz CT molecular complexity index is 290. The molecule has 0 aromatic heterocycles. The van der Waals surface area contributed by atoms with E-state index in [0.29, 0.717) is 0 Å². The highest BCUT2D eigenvalue weighted by Crippen LogP contribution is 2.40. The molecule has 2 saturated carbocycles. The van der Waals surface area contributed by atoms with E-state index < -0.39 is 0 Å². The zero-order valence-corrected chi connectivity index (χ0v) is 13.3. The van der Waals surface area contributed by atoms with Crippen LogP contribution in [0.4, 0.5) is 0 Å². The van der Waals surface area contributed by atoms with E-state index in [2.05, 4.69) is 12.2 Å². The van der Waals surface area contributed by atoms with Gasteiger partial charge in [0.2, 0.25) is 0 Å². The Morgan fingerprint density at radius 3 is 2.55 bits per heavy atom. The Hall–Kier alpha value is -0.0800. The summed E-state index contributed by atoms with van der Waals surface area (Å²) in [5, 5.41) is 3.85. The lowest BCUT2D eigenvalue weighted by Gasteiger charge is -2.39. The van der Waals surface area contributed by atoms with Gasteiger partial charge in [0.1, 0.15) is 0 Å². The summed E-state index contributed by atoms with van der Waals surface area (Å²) in [6.07, 6.45) is 15.2. The minimum atomic E-state index is 0.274. The fourth-order valence-electron chi connectivity index (χ4n) is 4.68. The second-order valence-electron chi connectivity index (χ2n) is 7.80. The first-order valence-electron chi connectivity index (χ1n) is 9.13. The topological polar surface area (TPSA) is 21.3 Å². The fourth-order valence-corrected chi connectivity index (χ4v) is 4.68. The predicted octanol–water partition coefficient (Wildman–Crippen LogP) is 4.28. The molecule has 1 spiro atoms. The molecule has 2 heteroatoms. The molecule has 0 aromatic rings. The molecule has 3 aliphatic rings. The van der Waals surface area contributed by atoms with Crippen molar-refractivity contribution in [1.82, 2.24) is 5.32 Å². The van der Waals surface area contributed by atoms with Gasteiger partial charge < -0.3 is 10.1 Å². The largest absolute Gasteiger partial charge is 0.375 e. The minimum Gasteiger partial charge on any atom is -0.375 e. The highest BCUT2D eigenvalue weighted by Gasteiger charge is 2.39. The van der Waals surface area contributed by atoms with Crippen molar-refractivity contribution in [3.63, 3.8) is 0 Å². The quantitative estimate of drug-likeness (QED) is 0.829. The molecule has 3 fully saturated rings. The van der Waals surface area contributed by atoms with Crippen molar-refractivity contribution < 1.29 is 4.74 Å². The van der Waals surface area contributed by atoms with Crippen LogP contribution >= 0.6 is 0 Å². The molecule has 1 heterocycles. The van der Waals surface area contributed by atoms with Gasteiger partial charge in [-0.1, -0.05) is 45.4 Å². The van der Waals surface area contributed by atoms with Crippen LogP contribution in [0.5, 0.6) is 0 Å². The second kappa shape index (κ2) is 6.79. The fraction of sp³-hybridized carbons (Fsp3) is 1.00. The molecule has 0 bridgehead atoms. The molecule has 0 radical (unpaired) electrons. The van der Waals surface area contributed by atoms with Gasteiger partial charge in [0.05, 0.1) is 5.60 Å². The maximum Gasteiger partial charge on any atom is 0.0697 e. The second-order valence-corrected chi connectivity index (χ2v) is 7.80. The van der Waals surface area contributed by atoms with Crippen LogP contribution in [0.25, 0.3) is 0 Å². The number of nitrogens with one attached hydrogen (secondary N) is 1. The van der Waals surface area contributed by atoms with E-state index in [1.165, 1.54) is 77.2 Å². The first-order valence-corrected chi connectivity index (χ1v) is 9.13. The van der Waals surface area contributed by atoms with Crippen LogP contribution in [0, 0.1) is 11.8 Å². The molecule has 116 valence electrons. The molecular formula is C18H33NO. The molecule has 3 rings (SSSR count). The van der Waals surface area contributed by atoms with Gasteiger partial charge in [-0.2, -0.15) is 0 Å². The van der Waals surface area contributed by atoms with Crippen LogP contribution in [0.15, 0.2) is 0 Å². The van der Waals surface area contributed by atoms with Crippen LogP contribution in [0.3, 0.4) is 0 Å². The molecule has 0 amide bonds. The minimum absolute atomic E-state index is 0.274. The van der Waals surface area contributed by atoms with Crippen LogP contribution in [-0.4, -0.2) is 24.8 Å². The third-order valence-electron chi connectivity index (χ3n) is 6.13. The summed E-state index contributed by atoms with van der Waals surface area (Å²) in [5.74, 6) is 1.98. The Morgan fingerprint density at radius 2 is 1.80 bits per heavy atom. The average Bonchev–Trinajstić information content (AvgIpc) is 2.89. The Kier molecular flexibility index (Phi) is 5.04. The van der Waals surface area contributed by atoms with E-state index in [-0.39, 0.29) is 5.60 Å². The van der Waals surface area contributed by atoms with Gasteiger partial charge in [-0.15, -0.1) is 0 Å². The molecule has 2 nitrogen and oxygen atoms in total. The molecule has 0 aromatic carbocycles. The summed E-state index contributed by atoms with van der Waals surface area (Å²) in [4.78, 5) is 0. The Labute approximate surface area is 125 Å².